The van der Waals surface area contributed by atoms with Crippen LogP contribution in [-0.2, 0) is 26.2 Å². The molecule has 7 aromatic carbocycles. The number of hydrogen-bond acceptors (Lipinski definition) is 12. The minimum Gasteiger partial charge on any atom is -0.493 e. The quantitative estimate of drug-likeness (QED) is 0.106. The first kappa shape index (κ1) is 48.2. The van der Waals surface area contributed by atoms with Gasteiger partial charge in [0.15, 0.2) is 23.0 Å². The van der Waals surface area contributed by atoms with Crippen LogP contribution in [0.1, 0.15) is 5.56 Å². The molecule has 0 amide bonds. The number of sulfonamides is 2. The Bertz CT molecular complexity index is 3580. The third-order valence-corrected chi connectivity index (χ3v) is 13.5. The van der Waals surface area contributed by atoms with Crippen molar-refractivity contribution in [3.63, 3.8) is 0 Å². The van der Waals surface area contributed by atoms with E-state index in [0.29, 0.717) is 73.5 Å². The number of anilines is 2. The van der Waals surface area contributed by atoms with E-state index in [1.54, 1.807) is 99.4 Å². The smallest absolute Gasteiger partial charge is 0.417 e. The number of aromatic nitrogens is 2. The number of hydrogen-bond donors (Lipinski definition) is 2. The van der Waals surface area contributed by atoms with Crippen molar-refractivity contribution < 1.29 is 58.4 Å². The van der Waals surface area contributed by atoms with E-state index in [-0.39, 0.29) is 10.6 Å². The van der Waals surface area contributed by atoms with Crippen LogP contribution in [0, 0.1) is 0 Å². The zero-order valence-corrected chi connectivity index (χ0v) is 39.1. The van der Waals surface area contributed by atoms with Crippen molar-refractivity contribution in [1.82, 2.24) is 9.97 Å². The van der Waals surface area contributed by atoms with Gasteiger partial charge in [-0.2, -0.15) is 13.2 Å². The Morgan fingerprint density at radius 1 is 0.443 bits per heavy atom. The average Bonchev–Trinajstić information content (AvgIpc) is 3.36. The fourth-order valence-corrected chi connectivity index (χ4v) is 9.87. The lowest BCUT2D eigenvalue weighted by atomic mass is 10.1. The molecule has 0 saturated heterocycles. The van der Waals surface area contributed by atoms with Gasteiger partial charge in [-0.25, -0.2) is 16.8 Å². The molecule has 0 aliphatic heterocycles. The highest BCUT2D eigenvalue weighted by Gasteiger charge is 2.37. The van der Waals surface area contributed by atoms with Crippen molar-refractivity contribution in [2.75, 3.05) is 37.9 Å². The molecule has 19 heteroatoms. The third-order valence-electron chi connectivity index (χ3n) is 10.6. The molecule has 70 heavy (non-hydrogen) atoms. The number of methoxy groups -OCH3 is 4. The van der Waals surface area contributed by atoms with Crippen LogP contribution >= 0.6 is 0 Å². The van der Waals surface area contributed by atoms with Gasteiger partial charge in [0.25, 0.3) is 20.0 Å². The van der Waals surface area contributed by atoms with Crippen molar-refractivity contribution >= 4 is 64.0 Å². The number of halogens is 3. The van der Waals surface area contributed by atoms with Crippen molar-refractivity contribution in [2.24, 2.45) is 0 Å². The summed E-state index contributed by atoms with van der Waals surface area (Å²) < 4.78 is 129. The van der Waals surface area contributed by atoms with E-state index in [0.717, 1.165) is 29.0 Å². The maximum atomic E-state index is 13.3. The Balaban J connectivity index is 0.000000188. The van der Waals surface area contributed by atoms with Gasteiger partial charge in [-0.1, -0.05) is 48.5 Å². The zero-order valence-electron chi connectivity index (χ0n) is 37.5. The number of pyridine rings is 2. The van der Waals surface area contributed by atoms with Gasteiger partial charge in [0.2, 0.25) is 0 Å². The van der Waals surface area contributed by atoms with Gasteiger partial charge in [0, 0.05) is 52.1 Å². The van der Waals surface area contributed by atoms with E-state index >= 15 is 0 Å². The molecule has 0 atom stereocenters. The number of ether oxygens (including phenoxy) is 6. The average molecular weight is 991 g/mol. The van der Waals surface area contributed by atoms with Gasteiger partial charge >= 0.3 is 6.18 Å². The lowest BCUT2D eigenvalue weighted by Crippen LogP contribution is -2.18. The second-order valence-corrected chi connectivity index (χ2v) is 18.3. The molecular weight excluding hydrogens is 950 g/mol. The van der Waals surface area contributed by atoms with Crippen molar-refractivity contribution in [1.29, 1.82) is 0 Å². The summed E-state index contributed by atoms with van der Waals surface area (Å²) in [5.41, 5.74) is 0.549. The molecule has 2 aromatic heterocycles. The molecule has 0 unspecified atom stereocenters. The Morgan fingerprint density at radius 2 is 0.857 bits per heavy atom. The second kappa shape index (κ2) is 20.1. The first-order valence-corrected chi connectivity index (χ1v) is 23.8. The summed E-state index contributed by atoms with van der Waals surface area (Å²) in [7, 11) is -2.11. The van der Waals surface area contributed by atoms with Gasteiger partial charge in [0.1, 0.15) is 23.0 Å². The molecule has 0 bridgehead atoms. The summed E-state index contributed by atoms with van der Waals surface area (Å²) in [6.45, 7) is 0. The van der Waals surface area contributed by atoms with Crippen LogP contribution in [0.2, 0.25) is 0 Å². The number of rotatable bonds is 14. The number of benzene rings is 7. The Labute approximate surface area is 400 Å². The second-order valence-electron chi connectivity index (χ2n) is 15.0. The van der Waals surface area contributed by atoms with Crippen molar-refractivity contribution in [2.45, 2.75) is 16.0 Å². The predicted octanol–water partition coefficient (Wildman–Crippen LogP) is 11.9. The highest BCUT2D eigenvalue weighted by atomic mass is 32.2. The van der Waals surface area contributed by atoms with Crippen LogP contribution < -0.4 is 37.9 Å². The van der Waals surface area contributed by atoms with Crippen LogP contribution in [0.3, 0.4) is 0 Å². The van der Waals surface area contributed by atoms with E-state index in [2.05, 4.69) is 19.4 Å². The van der Waals surface area contributed by atoms with Gasteiger partial charge in [-0.3, -0.25) is 19.4 Å². The Hall–Kier alpha value is -8.29. The first-order chi connectivity index (χ1) is 33.6. The third kappa shape index (κ3) is 10.5. The Morgan fingerprint density at radius 3 is 1.34 bits per heavy atom. The maximum absolute atomic E-state index is 13.3. The Kier molecular flexibility index (Phi) is 13.9. The van der Waals surface area contributed by atoms with Gasteiger partial charge < -0.3 is 28.4 Å². The standard InChI is InChI=1S/C27H22N2O5S.C24H19F3N2O5S/c1-32-25-16-22-23(17-26(25)33-2)28-15-14-24(22)34-20-12-10-19(11-13-20)29-35(30,31)27-9-5-7-18-6-3-4-8-21(18)27;1-32-21-13-17-19(14-22(21)33-2)28-12-11-20(17)34-16-9-7-15(8-10-16)29-35(30,31)23-6-4-3-5-18(23)24(25,26)27/h3-17,29H,1-2H3;3-14,29H,1-2H3. The number of nitrogens with zero attached hydrogens (tertiary/aromatic N) is 2. The lowest BCUT2D eigenvalue weighted by Gasteiger charge is -2.15. The number of alkyl halides is 3. The van der Waals surface area contributed by atoms with Crippen LogP contribution in [0.25, 0.3) is 32.6 Å². The fourth-order valence-electron chi connectivity index (χ4n) is 7.29. The summed E-state index contributed by atoms with van der Waals surface area (Å²) in [5.74, 6) is 4.09. The van der Waals surface area contributed by atoms with E-state index in [1.807, 2.05) is 30.3 Å². The molecule has 0 radical (unpaired) electrons. The summed E-state index contributed by atoms with van der Waals surface area (Å²) in [4.78, 5) is 8.05. The predicted molar refractivity (Wildman–Crippen MR) is 260 cm³/mol. The zero-order chi connectivity index (χ0) is 49.6. The molecule has 9 aromatic rings. The molecule has 0 saturated carbocycles. The van der Waals surface area contributed by atoms with Crippen molar-refractivity contribution in [3.8, 4) is 46.0 Å². The molecule has 358 valence electrons. The number of fused-ring (bicyclic) bond motifs is 3. The summed E-state index contributed by atoms with van der Waals surface area (Å²) >= 11 is 0. The summed E-state index contributed by atoms with van der Waals surface area (Å²) in [6.07, 6.45) is -1.61. The van der Waals surface area contributed by atoms with Crippen molar-refractivity contribution in [3.05, 3.63) is 170 Å². The SMILES string of the molecule is COc1cc2nccc(Oc3ccc(NS(=O)(=O)c4cccc5ccccc45)cc3)c2cc1OC.COc1cc2nccc(Oc3ccc(NS(=O)(=O)c4ccccc4C(F)(F)F)cc3)c2cc1OC. The molecular formula is C51H41F3N4O10S2. The molecule has 2 heterocycles. The van der Waals surface area contributed by atoms with E-state index in [9.17, 15) is 30.0 Å². The summed E-state index contributed by atoms with van der Waals surface area (Å²) in [6, 6.07) is 39.5. The molecule has 0 spiro atoms. The van der Waals surface area contributed by atoms with Crippen LogP contribution in [0.15, 0.2) is 174 Å². The minimum absolute atomic E-state index is 0.0697. The van der Waals surface area contributed by atoms with Crippen LogP contribution in [-0.4, -0.2) is 55.2 Å². The van der Waals surface area contributed by atoms with Crippen LogP contribution in [0.4, 0.5) is 24.5 Å². The molecule has 0 aliphatic rings. The van der Waals surface area contributed by atoms with Gasteiger partial charge in [-0.15, -0.1) is 0 Å². The normalized spacial score (nSPS) is 11.6. The monoisotopic (exact) mass is 990 g/mol. The molecule has 9 rings (SSSR count). The highest BCUT2D eigenvalue weighted by Crippen LogP contribution is 2.40. The molecule has 2 N–H and O–H groups in total. The molecule has 14 nitrogen and oxygen atoms in total. The molecule has 0 fully saturated rings. The van der Waals surface area contributed by atoms with E-state index in [1.165, 1.54) is 44.6 Å². The lowest BCUT2D eigenvalue weighted by molar-refractivity contribution is -0.139. The van der Waals surface area contributed by atoms with Gasteiger partial charge in [0.05, 0.1) is 54.8 Å². The highest BCUT2D eigenvalue weighted by molar-refractivity contribution is 7.93. The first-order valence-electron chi connectivity index (χ1n) is 20.9. The largest absolute Gasteiger partial charge is 0.493 e. The maximum Gasteiger partial charge on any atom is 0.417 e. The van der Waals surface area contributed by atoms with E-state index < -0.39 is 36.7 Å². The van der Waals surface area contributed by atoms with Crippen LogP contribution in [0.5, 0.6) is 46.0 Å². The number of nitrogens with one attached hydrogen (secondary N) is 2. The fraction of sp³-hybridized carbons (Fsp3) is 0.0980. The van der Waals surface area contributed by atoms with E-state index in [4.69, 9.17) is 28.4 Å². The topological polar surface area (TPSA) is 174 Å². The summed E-state index contributed by atoms with van der Waals surface area (Å²) in [5, 5.41) is 2.93. The minimum atomic E-state index is -4.82. The molecule has 0 aliphatic carbocycles. The van der Waals surface area contributed by atoms with Gasteiger partial charge in [-0.05, 0) is 96.4 Å².